The summed E-state index contributed by atoms with van der Waals surface area (Å²) in [5.41, 5.74) is 6.83. The number of benzene rings is 2. The van der Waals surface area contributed by atoms with Gasteiger partial charge in [-0.25, -0.2) is 0 Å². The lowest BCUT2D eigenvalue weighted by Crippen LogP contribution is -2.31. The summed E-state index contributed by atoms with van der Waals surface area (Å²) in [5, 5.41) is 19.7. The Kier molecular flexibility index (Phi) is 4.33. The first kappa shape index (κ1) is 14.7. The zero-order valence-electron chi connectivity index (χ0n) is 11.8. The Morgan fingerprint density at radius 3 is 2.19 bits per heavy atom. The first-order valence-corrected chi connectivity index (χ1v) is 6.73. The Balaban J connectivity index is 2.42. The highest BCUT2D eigenvalue weighted by atomic mass is 16.3. The number of carbonyl (C=O) groups is 1. The van der Waals surface area contributed by atoms with E-state index < -0.39 is 5.91 Å². The third-order valence-corrected chi connectivity index (χ3v) is 3.13. The van der Waals surface area contributed by atoms with Gasteiger partial charge in [-0.1, -0.05) is 13.0 Å². The number of nitrogens with two attached hydrogens (primary N) is 1. The van der Waals surface area contributed by atoms with Gasteiger partial charge in [0, 0.05) is 17.9 Å². The molecule has 0 aromatic heterocycles. The maximum absolute atomic E-state index is 12.6. The molecular weight excluding hydrogens is 268 g/mol. The average molecular weight is 286 g/mol. The molecule has 0 spiro atoms. The zero-order valence-corrected chi connectivity index (χ0v) is 11.8. The van der Waals surface area contributed by atoms with Gasteiger partial charge < -0.3 is 20.8 Å². The molecule has 0 bridgehead atoms. The van der Waals surface area contributed by atoms with Crippen molar-refractivity contribution in [3.63, 3.8) is 0 Å². The van der Waals surface area contributed by atoms with Crippen molar-refractivity contribution in [2.75, 3.05) is 17.2 Å². The molecule has 1 amide bonds. The molecular formula is C16H18N2O3. The minimum atomic E-state index is -0.447. The van der Waals surface area contributed by atoms with Crippen molar-refractivity contribution in [3.05, 3.63) is 48.0 Å². The van der Waals surface area contributed by atoms with E-state index in [1.807, 2.05) is 6.92 Å². The van der Waals surface area contributed by atoms with Gasteiger partial charge in [0.2, 0.25) is 0 Å². The lowest BCUT2D eigenvalue weighted by Gasteiger charge is -2.23. The second-order valence-corrected chi connectivity index (χ2v) is 4.72. The fraction of sp³-hybridized carbons (Fsp3) is 0.188. The summed E-state index contributed by atoms with van der Waals surface area (Å²) in [6.07, 6.45) is 0.741. The molecule has 0 radical (unpaired) electrons. The van der Waals surface area contributed by atoms with Crippen LogP contribution in [0.25, 0.3) is 0 Å². The quantitative estimate of drug-likeness (QED) is 0.754. The summed E-state index contributed by atoms with van der Waals surface area (Å²) in [6, 6.07) is 11.1. The normalized spacial score (nSPS) is 10.3. The van der Waals surface area contributed by atoms with Crippen LogP contribution in [-0.4, -0.2) is 22.7 Å². The van der Waals surface area contributed by atoms with Gasteiger partial charge in [0.1, 0.15) is 17.1 Å². The predicted molar refractivity (Wildman–Crippen MR) is 82.6 cm³/mol. The van der Waals surface area contributed by atoms with Crippen LogP contribution in [0.3, 0.4) is 0 Å². The molecule has 0 atom stereocenters. The first-order chi connectivity index (χ1) is 10.0. The molecule has 5 nitrogen and oxygen atoms in total. The van der Waals surface area contributed by atoms with Crippen LogP contribution in [-0.2, 0) is 0 Å². The van der Waals surface area contributed by atoms with Crippen molar-refractivity contribution in [1.29, 1.82) is 0 Å². The number of amides is 1. The smallest absolute Gasteiger partial charge is 0.265 e. The molecule has 2 rings (SSSR count). The molecule has 21 heavy (non-hydrogen) atoms. The molecule has 0 heterocycles. The molecule has 0 fully saturated rings. The monoisotopic (exact) mass is 286 g/mol. The lowest BCUT2D eigenvalue weighted by atomic mass is 10.1. The second kappa shape index (κ2) is 6.17. The van der Waals surface area contributed by atoms with Gasteiger partial charge in [-0.2, -0.15) is 0 Å². The maximum atomic E-state index is 12.6. The highest BCUT2D eigenvalue weighted by molar-refractivity contribution is 6.09. The van der Waals surface area contributed by atoms with Crippen molar-refractivity contribution >= 4 is 17.3 Å². The number of phenols is 2. The standard InChI is InChI=1S/C16H18N2O3/c1-2-10-18(12-8-6-11(17)7-9-12)16(21)15-13(19)4-3-5-14(15)20/h3-9,19-20H,2,10,17H2,1H3. The third-order valence-electron chi connectivity index (χ3n) is 3.13. The minimum absolute atomic E-state index is 0.0947. The zero-order chi connectivity index (χ0) is 15.4. The number of aromatic hydroxyl groups is 2. The largest absolute Gasteiger partial charge is 0.507 e. The lowest BCUT2D eigenvalue weighted by molar-refractivity contribution is 0.0981. The third kappa shape index (κ3) is 3.08. The van der Waals surface area contributed by atoms with Crippen LogP contribution in [0.5, 0.6) is 11.5 Å². The first-order valence-electron chi connectivity index (χ1n) is 6.73. The molecule has 0 aliphatic carbocycles. The van der Waals surface area contributed by atoms with Crippen LogP contribution in [0.1, 0.15) is 23.7 Å². The molecule has 110 valence electrons. The van der Waals surface area contributed by atoms with Crippen LogP contribution in [0.15, 0.2) is 42.5 Å². The van der Waals surface area contributed by atoms with E-state index in [2.05, 4.69) is 0 Å². The summed E-state index contributed by atoms with van der Waals surface area (Å²) in [7, 11) is 0. The predicted octanol–water partition coefficient (Wildman–Crippen LogP) is 2.74. The number of hydrogen-bond acceptors (Lipinski definition) is 4. The van der Waals surface area contributed by atoms with Gasteiger partial charge in [-0.05, 0) is 42.8 Å². The Morgan fingerprint density at radius 2 is 1.67 bits per heavy atom. The highest BCUT2D eigenvalue weighted by Gasteiger charge is 2.23. The number of phenolic OH excluding ortho intramolecular Hbond substituents is 2. The van der Waals surface area contributed by atoms with Crippen molar-refractivity contribution < 1.29 is 15.0 Å². The fourth-order valence-electron chi connectivity index (χ4n) is 2.11. The van der Waals surface area contributed by atoms with Gasteiger partial charge in [0.05, 0.1) is 0 Å². The topological polar surface area (TPSA) is 86.8 Å². The van der Waals surface area contributed by atoms with E-state index in [9.17, 15) is 15.0 Å². The van der Waals surface area contributed by atoms with Gasteiger partial charge >= 0.3 is 0 Å². The van der Waals surface area contributed by atoms with Crippen molar-refractivity contribution in [2.24, 2.45) is 0 Å². The Bertz CT molecular complexity index is 618. The highest BCUT2D eigenvalue weighted by Crippen LogP contribution is 2.29. The van der Waals surface area contributed by atoms with E-state index in [-0.39, 0.29) is 17.1 Å². The number of nitrogens with zero attached hydrogens (tertiary/aromatic N) is 1. The minimum Gasteiger partial charge on any atom is -0.507 e. The molecule has 0 saturated heterocycles. The molecule has 2 aromatic carbocycles. The molecule has 0 unspecified atom stereocenters. The van der Waals surface area contributed by atoms with Crippen LogP contribution < -0.4 is 10.6 Å². The van der Waals surface area contributed by atoms with Crippen molar-refractivity contribution in [3.8, 4) is 11.5 Å². The van der Waals surface area contributed by atoms with E-state index >= 15 is 0 Å². The van der Waals surface area contributed by atoms with Gasteiger partial charge in [-0.15, -0.1) is 0 Å². The Morgan fingerprint density at radius 1 is 1.10 bits per heavy atom. The Labute approximate surface area is 123 Å². The number of hydrogen-bond donors (Lipinski definition) is 3. The van der Waals surface area contributed by atoms with Crippen LogP contribution in [0.2, 0.25) is 0 Å². The Hall–Kier alpha value is -2.69. The van der Waals surface area contributed by atoms with Crippen LogP contribution >= 0.6 is 0 Å². The SMILES string of the molecule is CCCN(C(=O)c1c(O)cccc1O)c1ccc(N)cc1. The summed E-state index contributed by atoms with van der Waals surface area (Å²) in [5.74, 6) is -0.926. The number of anilines is 2. The number of carbonyl (C=O) groups excluding carboxylic acids is 1. The molecule has 4 N–H and O–H groups in total. The van der Waals surface area contributed by atoms with E-state index in [0.717, 1.165) is 6.42 Å². The summed E-state index contributed by atoms with van der Waals surface area (Å²) < 4.78 is 0. The number of nitrogen functional groups attached to an aromatic ring is 1. The van der Waals surface area contributed by atoms with Crippen LogP contribution in [0, 0.1) is 0 Å². The van der Waals surface area contributed by atoms with Crippen molar-refractivity contribution in [2.45, 2.75) is 13.3 Å². The van der Waals surface area contributed by atoms with Crippen molar-refractivity contribution in [1.82, 2.24) is 0 Å². The average Bonchev–Trinajstić information content (AvgIpc) is 2.45. The van der Waals surface area contributed by atoms with Gasteiger partial charge in [-0.3, -0.25) is 4.79 Å². The van der Waals surface area contributed by atoms with E-state index in [1.165, 1.54) is 23.1 Å². The molecule has 5 heteroatoms. The maximum Gasteiger partial charge on any atom is 0.265 e. The molecule has 0 aliphatic heterocycles. The van der Waals surface area contributed by atoms with Gasteiger partial charge in [0.15, 0.2) is 0 Å². The van der Waals surface area contributed by atoms with E-state index in [0.29, 0.717) is 17.9 Å². The molecule has 2 aromatic rings. The second-order valence-electron chi connectivity index (χ2n) is 4.72. The summed E-state index contributed by atoms with van der Waals surface area (Å²) in [6.45, 7) is 2.42. The fourth-order valence-corrected chi connectivity index (χ4v) is 2.11. The summed E-state index contributed by atoms with van der Waals surface area (Å²) in [4.78, 5) is 14.1. The van der Waals surface area contributed by atoms with Crippen LogP contribution in [0.4, 0.5) is 11.4 Å². The van der Waals surface area contributed by atoms with E-state index in [1.54, 1.807) is 24.3 Å². The number of rotatable bonds is 4. The van der Waals surface area contributed by atoms with E-state index in [4.69, 9.17) is 5.73 Å². The molecule has 0 saturated carbocycles. The molecule has 0 aliphatic rings. The summed E-state index contributed by atoms with van der Waals surface area (Å²) >= 11 is 0. The van der Waals surface area contributed by atoms with Gasteiger partial charge in [0.25, 0.3) is 5.91 Å².